The first kappa shape index (κ1) is 13.1. The maximum absolute atomic E-state index is 11.4. The summed E-state index contributed by atoms with van der Waals surface area (Å²) in [6.07, 6.45) is 0.907. The van der Waals surface area contributed by atoms with Crippen molar-refractivity contribution < 1.29 is 8.42 Å². The molecular formula is C11H13Cl2NO2S. The topological polar surface area (TPSA) is 60.2 Å². The Bertz CT molecular complexity index is 544. The number of rotatable bonds is 2. The van der Waals surface area contributed by atoms with Gasteiger partial charge in [0.05, 0.1) is 11.5 Å². The van der Waals surface area contributed by atoms with Gasteiger partial charge in [-0.05, 0) is 36.6 Å². The Morgan fingerprint density at radius 2 is 2.06 bits per heavy atom. The zero-order chi connectivity index (χ0) is 12.7. The zero-order valence-corrected chi connectivity index (χ0v) is 11.4. The van der Waals surface area contributed by atoms with Crippen molar-refractivity contribution in [2.45, 2.75) is 18.4 Å². The van der Waals surface area contributed by atoms with Gasteiger partial charge < -0.3 is 5.73 Å². The molecular weight excluding hydrogens is 281 g/mol. The maximum Gasteiger partial charge on any atom is 0.152 e. The van der Waals surface area contributed by atoms with Crippen LogP contribution in [0.4, 0.5) is 0 Å². The van der Waals surface area contributed by atoms with Crippen LogP contribution < -0.4 is 5.73 Å². The Hall–Kier alpha value is -0.290. The molecule has 1 saturated heterocycles. The first-order valence-electron chi connectivity index (χ1n) is 5.23. The van der Waals surface area contributed by atoms with Gasteiger partial charge in [-0.25, -0.2) is 8.42 Å². The molecule has 0 aromatic heterocycles. The van der Waals surface area contributed by atoms with E-state index in [1.54, 1.807) is 18.2 Å². The van der Waals surface area contributed by atoms with Crippen LogP contribution in [-0.2, 0) is 16.3 Å². The highest BCUT2D eigenvalue weighted by molar-refractivity contribution is 7.91. The van der Waals surface area contributed by atoms with Crippen LogP contribution in [0, 0.1) is 0 Å². The summed E-state index contributed by atoms with van der Waals surface area (Å²) in [7, 11) is -3.00. The van der Waals surface area contributed by atoms with E-state index in [1.165, 1.54) is 0 Å². The molecule has 2 N–H and O–H groups in total. The van der Waals surface area contributed by atoms with Crippen LogP contribution in [0.1, 0.15) is 12.0 Å². The van der Waals surface area contributed by atoms with E-state index >= 15 is 0 Å². The number of halogens is 2. The minimum Gasteiger partial charge on any atom is -0.324 e. The van der Waals surface area contributed by atoms with E-state index in [2.05, 4.69) is 0 Å². The van der Waals surface area contributed by atoms with Crippen LogP contribution in [0.3, 0.4) is 0 Å². The Kier molecular flexibility index (Phi) is 3.42. The second-order valence-corrected chi connectivity index (χ2v) is 7.64. The number of hydrogen-bond acceptors (Lipinski definition) is 3. The van der Waals surface area contributed by atoms with Gasteiger partial charge in [0, 0.05) is 15.6 Å². The summed E-state index contributed by atoms with van der Waals surface area (Å²) in [5.74, 6) is 0.171. The molecule has 17 heavy (non-hydrogen) atoms. The summed E-state index contributed by atoms with van der Waals surface area (Å²) in [5, 5.41) is 1.15. The number of nitrogens with two attached hydrogens (primary N) is 1. The quantitative estimate of drug-likeness (QED) is 0.908. The average molecular weight is 294 g/mol. The fraction of sp³-hybridized carbons (Fsp3) is 0.455. The van der Waals surface area contributed by atoms with Crippen molar-refractivity contribution in [3.8, 4) is 0 Å². The molecule has 1 unspecified atom stereocenters. The van der Waals surface area contributed by atoms with E-state index < -0.39 is 15.4 Å². The van der Waals surface area contributed by atoms with E-state index in [9.17, 15) is 8.42 Å². The van der Waals surface area contributed by atoms with Crippen LogP contribution in [0.15, 0.2) is 18.2 Å². The van der Waals surface area contributed by atoms with Crippen LogP contribution >= 0.6 is 23.2 Å². The fourth-order valence-corrected chi connectivity index (χ4v) is 4.50. The SMILES string of the molecule is NC1(Cc2cc(Cl)ccc2Cl)CCS(=O)(=O)C1. The molecule has 2 rings (SSSR count). The molecule has 0 spiro atoms. The van der Waals surface area contributed by atoms with Gasteiger partial charge in [-0.15, -0.1) is 0 Å². The summed E-state index contributed by atoms with van der Waals surface area (Å²) in [6, 6.07) is 5.14. The standard InChI is InChI=1S/C11H13Cl2NO2S/c12-9-1-2-10(13)8(5-9)6-11(14)3-4-17(15,16)7-11/h1-2,5H,3-4,6-7,14H2. The van der Waals surface area contributed by atoms with Gasteiger partial charge in [0.1, 0.15) is 0 Å². The molecule has 1 fully saturated rings. The Morgan fingerprint density at radius 1 is 1.35 bits per heavy atom. The van der Waals surface area contributed by atoms with Crippen molar-refractivity contribution in [1.29, 1.82) is 0 Å². The van der Waals surface area contributed by atoms with Crippen LogP contribution in [0.5, 0.6) is 0 Å². The third-order valence-corrected chi connectivity index (χ3v) is 5.41. The van der Waals surface area contributed by atoms with Gasteiger partial charge in [0.15, 0.2) is 9.84 Å². The minimum atomic E-state index is -3.00. The first-order valence-corrected chi connectivity index (χ1v) is 7.81. The smallest absolute Gasteiger partial charge is 0.152 e. The molecule has 0 saturated carbocycles. The fourth-order valence-electron chi connectivity index (χ4n) is 2.14. The molecule has 94 valence electrons. The molecule has 0 aliphatic carbocycles. The van der Waals surface area contributed by atoms with Crippen molar-refractivity contribution in [2.24, 2.45) is 5.73 Å². The molecule has 0 amide bonds. The lowest BCUT2D eigenvalue weighted by Gasteiger charge is -2.22. The predicted molar refractivity (Wildman–Crippen MR) is 70.4 cm³/mol. The van der Waals surface area contributed by atoms with E-state index in [4.69, 9.17) is 28.9 Å². The largest absolute Gasteiger partial charge is 0.324 e. The zero-order valence-electron chi connectivity index (χ0n) is 9.12. The molecule has 6 heteroatoms. The first-order chi connectivity index (χ1) is 7.80. The Balaban J connectivity index is 2.24. The van der Waals surface area contributed by atoms with E-state index in [0.717, 1.165) is 5.56 Å². The van der Waals surface area contributed by atoms with Crippen LogP contribution in [0.2, 0.25) is 10.0 Å². The van der Waals surface area contributed by atoms with Gasteiger partial charge in [-0.3, -0.25) is 0 Å². The van der Waals surface area contributed by atoms with Crippen molar-refractivity contribution in [2.75, 3.05) is 11.5 Å². The van der Waals surface area contributed by atoms with E-state index in [0.29, 0.717) is 22.9 Å². The summed E-state index contributed by atoms with van der Waals surface area (Å²) in [4.78, 5) is 0. The van der Waals surface area contributed by atoms with Crippen LogP contribution in [0.25, 0.3) is 0 Å². The van der Waals surface area contributed by atoms with Crippen molar-refractivity contribution in [1.82, 2.24) is 0 Å². The third-order valence-electron chi connectivity index (χ3n) is 2.97. The Morgan fingerprint density at radius 3 is 2.65 bits per heavy atom. The summed E-state index contributed by atoms with van der Waals surface area (Å²) < 4.78 is 22.9. The molecule has 1 aromatic carbocycles. The van der Waals surface area contributed by atoms with Crippen molar-refractivity contribution >= 4 is 33.0 Å². The highest BCUT2D eigenvalue weighted by atomic mass is 35.5. The number of hydrogen-bond donors (Lipinski definition) is 1. The normalized spacial score (nSPS) is 27.2. The van der Waals surface area contributed by atoms with Gasteiger partial charge in [-0.2, -0.15) is 0 Å². The van der Waals surface area contributed by atoms with Gasteiger partial charge in [0.2, 0.25) is 0 Å². The molecule has 1 aliphatic rings. The average Bonchev–Trinajstić information content (AvgIpc) is 2.47. The molecule has 1 aliphatic heterocycles. The maximum atomic E-state index is 11.4. The van der Waals surface area contributed by atoms with Gasteiger partial charge in [-0.1, -0.05) is 23.2 Å². The molecule has 0 bridgehead atoms. The van der Waals surface area contributed by atoms with Crippen LogP contribution in [-0.4, -0.2) is 25.5 Å². The minimum absolute atomic E-state index is 0.0167. The summed E-state index contributed by atoms with van der Waals surface area (Å²) in [5.41, 5.74) is 6.19. The molecule has 1 atom stereocenters. The predicted octanol–water partition coefficient (Wildman–Crippen LogP) is 2.05. The van der Waals surface area contributed by atoms with Crippen molar-refractivity contribution in [3.05, 3.63) is 33.8 Å². The molecule has 3 nitrogen and oxygen atoms in total. The van der Waals surface area contributed by atoms with E-state index in [-0.39, 0.29) is 11.5 Å². The highest BCUT2D eigenvalue weighted by Gasteiger charge is 2.39. The third kappa shape index (κ3) is 3.13. The second kappa shape index (κ2) is 4.43. The highest BCUT2D eigenvalue weighted by Crippen LogP contribution is 2.29. The lowest BCUT2D eigenvalue weighted by molar-refractivity contribution is 0.476. The van der Waals surface area contributed by atoms with Crippen molar-refractivity contribution in [3.63, 3.8) is 0 Å². The summed E-state index contributed by atoms with van der Waals surface area (Å²) >= 11 is 11.9. The lowest BCUT2D eigenvalue weighted by Crippen LogP contribution is -2.43. The second-order valence-electron chi connectivity index (χ2n) is 4.62. The van der Waals surface area contributed by atoms with Gasteiger partial charge >= 0.3 is 0 Å². The number of sulfone groups is 1. The monoisotopic (exact) mass is 293 g/mol. The number of benzene rings is 1. The molecule has 1 aromatic rings. The lowest BCUT2D eigenvalue weighted by atomic mass is 9.91. The summed E-state index contributed by atoms with van der Waals surface area (Å²) in [6.45, 7) is 0. The Labute approximate surface area is 111 Å². The molecule has 0 radical (unpaired) electrons. The van der Waals surface area contributed by atoms with Gasteiger partial charge in [0.25, 0.3) is 0 Å². The molecule has 1 heterocycles. The van der Waals surface area contributed by atoms with E-state index in [1.807, 2.05) is 0 Å².